The number of nitrogens with zero attached hydrogens (tertiary/aromatic N) is 1. The van der Waals surface area contributed by atoms with Crippen molar-refractivity contribution in [2.45, 2.75) is 76.7 Å². The van der Waals surface area contributed by atoms with Gasteiger partial charge in [0.1, 0.15) is 0 Å². The van der Waals surface area contributed by atoms with E-state index in [4.69, 9.17) is 4.99 Å². The van der Waals surface area contributed by atoms with Gasteiger partial charge in [-0.15, -0.1) is 0 Å². The molecule has 4 aliphatic rings. The van der Waals surface area contributed by atoms with Gasteiger partial charge in [-0.3, -0.25) is 4.99 Å². The molecule has 0 N–H and O–H groups in total. The minimum Gasteiger partial charge on any atom is -0.294 e. The Morgan fingerprint density at radius 1 is 0.842 bits per heavy atom. The Morgan fingerprint density at radius 3 is 2.50 bits per heavy atom. The molecule has 3 aromatic carbocycles. The largest absolute Gasteiger partial charge is 0.294 e. The van der Waals surface area contributed by atoms with Gasteiger partial charge >= 0.3 is 0 Å². The smallest absolute Gasteiger partial charge is 0.0536 e. The lowest BCUT2D eigenvalue weighted by Gasteiger charge is -2.51. The van der Waals surface area contributed by atoms with E-state index in [9.17, 15) is 0 Å². The molecule has 1 heterocycles. The van der Waals surface area contributed by atoms with Crippen LogP contribution in [-0.2, 0) is 0 Å². The second-order valence-corrected chi connectivity index (χ2v) is 12.2. The summed E-state index contributed by atoms with van der Waals surface area (Å²) in [5.74, 6) is 1.48. The van der Waals surface area contributed by atoms with E-state index in [2.05, 4.69) is 105 Å². The number of rotatable bonds is 3. The summed E-state index contributed by atoms with van der Waals surface area (Å²) in [6.45, 7) is 4.80. The third kappa shape index (κ3) is 3.85. The fourth-order valence-electron chi connectivity index (χ4n) is 8.20. The minimum absolute atomic E-state index is 0.0167. The summed E-state index contributed by atoms with van der Waals surface area (Å²) in [4.78, 5) is 4.73. The number of hydrogen-bond donors (Lipinski definition) is 0. The fraction of sp³-hybridized carbons (Fsp3) is 0.378. The maximum Gasteiger partial charge on any atom is 0.0536 e. The Labute approximate surface area is 228 Å². The van der Waals surface area contributed by atoms with Crippen molar-refractivity contribution in [1.29, 1.82) is 0 Å². The van der Waals surface area contributed by atoms with Crippen molar-refractivity contribution in [3.63, 3.8) is 0 Å². The fourth-order valence-corrected chi connectivity index (χ4v) is 8.20. The predicted molar refractivity (Wildman–Crippen MR) is 162 cm³/mol. The molecule has 0 spiro atoms. The Morgan fingerprint density at radius 2 is 1.66 bits per heavy atom. The molecule has 3 aromatic rings. The van der Waals surface area contributed by atoms with Crippen LogP contribution in [0.4, 0.5) is 0 Å². The van der Waals surface area contributed by atoms with Crippen molar-refractivity contribution >= 4 is 22.6 Å². The monoisotopic (exact) mass is 497 g/mol. The van der Waals surface area contributed by atoms with Crippen LogP contribution in [0, 0.1) is 11.3 Å². The molecule has 1 nitrogen and oxygen atoms in total. The standard InChI is InChI=1S/C37H39N/c1-25-31(14-9-23-38-25)27-17-19-28(20-18-27)36-33-13-6-5-12-32(33)35(34-15-7-8-22-37(34,36)2)30-21-16-26-10-3-4-11-29(26)24-30/h3-4,8,10-11,13,16-25,31-32,36H,5-7,9,12,14-15H2,1-2H3. The van der Waals surface area contributed by atoms with Crippen LogP contribution in [-0.4, -0.2) is 12.3 Å². The number of allylic oxidation sites excluding steroid dienone is 6. The van der Waals surface area contributed by atoms with Crippen LogP contribution in [0.5, 0.6) is 0 Å². The first-order chi connectivity index (χ1) is 18.6. The van der Waals surface area contributed by atoms with Crippen LogP contribution in [0.1, 0.15) is 87.3 Å². The van der Waals surface area contributed by atoms with Crippen LogP contribution >= 0.6 is 0 Å². The van der Waals surface area contributed by atoms with Crippen LogP contribution in [0.3, 0.4) is 0 Å². The highest BCUT2D eigenvalue weighted by atomic mass is 14.8. The molecule has 38 heavy (non-hydrogen) atoms. The molecule has 0 aromatic heterocycles. The normalized spacial score (nSPS) is 30.6. The molecule has 0 saturated heterocycles. The highest BCUT2D eigenvalue weighted by molar-refractivity contribution is 5.88. The molecule has 0 amide bonds. The molecule has 1 heteroatoms. The molecular weight excluding hydrogens is 458 g/mol. The lowest BCUT2D eigenvalue weighted by atomic mass is 9.53. The molecule has 0 bridgehead atoms. The Bertz CT molecular complexity index is 1480. The SMILES string of the molecule is CC1N=CCCC1c1ccc(C2C3=CCCCC3C(c3ccc4ccccc4c3)=C3CCC=CC32C)cc1. The summed E-state index contributed by atoms with van der Waals surface area (Å²) in [5, 5.41) is 2.69. The average molecular weight is 498 g/mol. The van der Waals surface area contributed by atoms with E-state index in [-0.39, 0.29) is 5.41 Å². The van der Waals surface area contributed by atoms with Gasteiger partial charge in [0.05, 0.1) is 6.04 Å². The van der Waals surface area contributed by atoms with Crippen LogP contribution in [0.25, 0.3) is 16.3 Å². The van der Waals surface area contributed by atoms with Gasteiger partial charge in [-0.2, -0.15) is 0 Å². The first kappa shape index (κ1) is 23.9. The van der Waals surface area contributed by atoms with E-state index in [1.807, 2.05) is 0 Å². The van der Waals surface area contributed by atoms with E-state index in [1.165, 1.54) is 59.6 Å². The van der Waals surface area contributed by atoms with Gasteiger partial charge < -0.3 is 0 Å². The van der Waals surface area contributed by atoms with Crippen molar-refractivity contribution in [2.75, 3.05) is 0 Å². The zero-order valence-electron chi connectivity index (χ0n) is 22.9. The second-order valence-electron chi connectivity index (χ2n) is 12.2. The summed E-state index contributed by atoms with van der Waals surface area (Å²) in [5.41, 5.74) is 9.39. The lowest BCUT2D eigenvalue weighted by Crippen LogP contribution is -2.38. The maximum atomic E-state index is 4.73. The molecular formula is C37H39N. The van der Waals surface area contributed by atoms with Crippen molar-refractivity contribution < 1.29 is 0 Å². The van der Waals surface area contributed by atoms with Crippen molar-refractivity contribution in [3.05, 3.63) is 113 Å². The number of benzene rings is 3. The van der Waals surface area contributed by atoms with Crippen LogP contribution in [0.15, 0.2) is 101 Å². The third-order valence-electron chi connectivity index (χ3n) is 10.0. The second kappa shape index (κ2) is 9.53. The van der Waals surface area contributed by atoms with Gasteiger partial charge in [-0.05, 0) is 97.2 Å². The molecule has 1 aliphatic heterocycles. The highest BCUT2D eigenvalue weighted by Crippen LogP contribution is 2.62. The van der Waals surface area contributed by atoms with Crippen LogP contribution < -0.4 is 0 Å². The first-order valence-electron chi connectivity index (χ1n) is 14.9. The number of fused-ring (bicyclic) bond motifs is 3. The molecule has 0 fully saturated rings. The van der Waals surface area contributed by atoms with Gasteiger partial charge in [0.25, 0.3) is 0 Å². The third-order valence-corrected chi connectivity index (χ3v) is 10.0. The topological polar surface area (TPSA) is 12.4 Å². The zero-order chi connectivity index (χ0) is 25.7. The molecule has 3 aliphatic carbocycles. The Kier molecular flexibility index (Phi) is 5.99. The Balaban J connectivity index is 1.36. The van der Waals surface area contributed by atoms with Gasteiger partial charge in [-0.1, -0.05) is 97.0 Å². The molecule has 7 rings (SSSR count). The summed E-state index contributed by atoms with van der Waals surface area (Å²) < 4.78 is 0. The van der Waals surface area contributed by atoms with E-state index >= 15 is 0 Å². The van der Waals surface area contributed by atoms with Crippen molar-refractivity contribution in [2.24, 2.45) is 16.3 Å². The molecule has 5 unspecified atom stereocenters. The summed E-state index contributed by atoms with van der Waals surface area (Å²) in [6, 6.07) is 26.2. The van der Waals surface area contributed by atoms with Gasteiger partial charge in [0, 0.05) is 23.2 Å². The number of hydrogen-bond acceptors (Lipinski definition) is 1. The Hall–Kier alpha value is -3.19. The zero-order valence-corrected chi connectivity index (χ0v) is 22.9. The van der Waals surface area contributed by atoms with Crippen molar-refractivity contribution in [1.82, 2.24) is 0 Å². The lowest BCUT2D eigenvalue weighted by molar-refractivity contribution is 0.363. The van der Waals surface area contributed by atoms with Gasteiger partial charge in [0.15, 0.2) is 0 Å². The average Bonchev–Trinajstić information content (AvgIpc) is 2.96. The molecule has 5 atom stereocenters. The van der Waals surface area contributed by atoms with Crippen molar-refractivity contribution in [3.8, 4) is 0 Å². The summed E-state index contributed by atoms with van der Waals surface area (Å²) in [7, 11) is 0. The summed E-state index contributed by atoms with van der Waals surface area (Å²) >= 11 is 0. The van der Waals surface area contributed by atoms with E-state index in [0.717, 1.165) is 12.8 Å². The van der Waals surface area contributed by atoms with Crippen LogP contribution in [0.2, 0.25) is 0 Å². The van der Waals surface area contributed by atoms with Gasteiger partial charge in [0.2, 0.25) is 0 Å². The van der Waals surface area contributed by atoms with E-state index in [1.54, 1.807) is 16.7 Å². The predicted octanol–water partition coefficient (Wildman–Crippen LogP) is 9.81. The van der Waals surface area contributed by atoms with E-state index < -0.39 is 0 Å². The quantitative estimate of drug-likeness (QED) is 0.319. The molecule has 192 valence electrons. The first-order valence-corrected chi connectivity index (χ1v) is 14.9. The summed E-state index contributed by atoms with van der Waals surface area (Å²) in [6.07, 6.45) is 18.2. The molecule has 0 saturated carbocycles. The van der Waals surface area contributed by atoms with Gasteiger partial charge in [-0.25, -0.2) is 0 Å². The van der Waals surface area contributed by atoms with E-state index in [0.29, 0.717) is 23.8 Å². The minimum atomic E-state index is 0.0167. The molecule has 0 radical (unpaired) electrons. The highest BCUT2D eigenvalue weighted by Gasteiger charge is 2.48. The number of aliphatic imine (C=N–C) groups is 1. The maximum absolute atomic E-state index is 4.73.